The average Bonchev–Trinajstić information content (AvgIpc) is 2.69. The first-order chi connectivity index (χ1) is 13.8. The molecule has 0 N–H and O–H groups in total. The van der Waals surface area contributed by atoms with Crippen LogP contribution < -0.4 is 10.3 Å². The molecule has 1 atom stereocenters. The topological polar surface area (TPSA) is 99.6 Å². The number of aromatic nitrogens is 2. The van der Waals surface area contributed by atoms with Crippen molar-refractivity contribution in [1.29, 1.82) is 0 Å². The fraction of sp³-hybridized carbons (Fsp3) is 0.250. The first-order valence-electron chi connectivity index (χ1n) is 8.98. The van der Waals surface area contributed by atoms with Gasteiger partial charge in [0.05, 0.1) is 28.1 Å². The van der Waals surface area contributed by atoms with Crippen molar-refractivity contribution in [3.63, 3.8) is 0 Å². The molecule has 29 heavy (non-hydrogen) atoms. The van der Waals surface area contributed by atoms with E-state index in [0.717, 1.165) is 10.9 Å². The first kappa shape index (κ1) is 20.7. The number of rotatable bonds is 6. The van der Waals surface area contributed by atoms with Gasteiger partial charge in [0.2, 0.25) is 0 Å². The lowest BCUT2D eigenvalue weighted by molar-refractivity contribution is -0.384. The minimum Gasteiger partial charge on any atom is -0.490 e. The van der Waals surface area contributed by atoms with Gasteiger partial charge in [-0.25, -0.2) is 4.98 Å². The molecule has 0 aliphatic heterocycles. The summed E-state index contributed by atoms with van der Waals surface area (Å²) in [5.41, 5.74) is 0.547. The number of nitro groups is 1. The number of hydrogen-bond acceptors (Lipinski definition) is 6. The van der Waals surface area contributed by atoms with Gasteiger partial charge in [0, 0.05) is 22.2 Å². The molecule has 0 spiro atoms. The molecule has 0 amide bonds. The normalized spacial score (nSPS) is 12.4. The molecule has 3 aromatic rings. The fourth-order valence-corrected chi connectivity index (χ4v) is 3.03. The van der Waals surface area contributed by atoms with E-state index >= 15 is 0 Å². The summed E-state index contributed by atoms with van der Waals surface area (Å²) in [7, 11) is 0. The summed E-state index contributed by atoms with van der Waals surface area (Å²) in [5.74, 6) is 0.854. The number of halogens is 1. The van der Waals surface area contributed by atoms with Gasteiger partial charge in [-0.05, 0) is 44.5 Å². The summed E-state index contributed by atoms with van der Waals surface area (Å²) < 4.78 is 7.76. The summed E-state index contributed by atoms with van der Waals surface area (Å²) in [4.78, 5) is 27.9. The Bertz CT molecular complexity index is 1170. The van der Waals surface area contributed by atoms with Crippen molar-refractivity contribution in [2.24, 2.45) is 5.10 Å². The highest BCUT2D eigenvalue weighted by Crippen LogP contribution is 2.24. The van der Waals surface area contributed by atoms with Crippen molar-refractivity contribution in [1.82, 2.24) is 9.66 Å². The van der Waals surface area contributed by atoms with E-state index in [1.54, 1.807) is 19.1 Å². The van der Waals surface area contributed by atoms with E-state index in [1.807, 2.05) is 19.9 Å². The molecule has 2 aromatic carbocycles. The quantitative estimate of drug-likeness (QED) is 0.308. The second kappa shape index (κ2) is 8.52. The predicted molar refractivity (Wildman–Crippen MR) is 115 cm³/mol. The molecule has 1 heterocycles. The fourth-order valence-electron chi connectivity index (χ4n) is 2.67. The molecule has 1 aromatic heterocycles. The number of nitro benzene ring substituents is 1. The van der Waals surface area contributed by atoms with Gasteiger partial charge in [-0.3, -0.25) is 14.9 Å². The zero-order chi connectivity index (χ0) is 21.1. The van der Waals surface area contributed by atoms with E-state index in [4.69, 9.17) is 4.74 Å². The maximum absolute atomic E-state index is 12.9. The van der Waals surface area contributed by atoms with E-state index in [2.05, 4.69) is 26.0 Å². The van der Waals surface area contributed by atoms with Crippen LogP contribution in [0.5, 0.6) is 5.75 Å². The van der Waals surface area contributed by atoms with Crippen molar-refractivity contribution in [2.75, 3.05) is 0 Å². The van der Waals surface area contributed by atoms with E-state index < -0.39 is 4.92 Å². The van der Waals surface area contributed by atoms with Crippen molar-refractivity contribution in [2.45, 2.75) is 33.3 Å². The molecule has 0 bridgehead atoms. The number of ether oxygens (including phenoxy) is 1. The largest absolute Gasteiger partial charge is 0.490 e. The van der Waals surface area contributed by atoms with Crippen molar-refractivity contribution >= 4 is 38.7 Å². The number of benzene rings is 2. The lowest BCUT2D eigenvalue weighted by atomic mass is 10.2. The molecule has 150 valence electrons. The molecule has 0 aliphatic rings. The minimum atomic E-state index is -0.489. The second-order valence-corrected chi connectivity index (χ2v) is 7.41. The zero-order valence-electron chi connectivity index (χ0n) is 16.1. The monoisotopic (exact) mass is 458 g/mol. The summed E-state index contributed by atoms with van der Waals surface area (Å²) in [5, 5.41) is 15.8. The Morgan fingerprint density at radius 3 is 2.79 bits per heavy atom. The molecule has 9 heteroatoms. The Morgan fingerprint density at radius 1 is 1.34 bits per heavy atom. The van der Waals surface area contributed by atoms with Crippen LogP contribution in [0.4, 0.5) is 5.69 Å². The third-order valence-electron chi connectivity index (χ3n) is 4.39. The van der Waals surface area contributed by atoms with Crippen LogP contribution in [-0.4, -0.2) is 26.9 Å². The maximum atomic E-state index is 12.9. The minimum absolute atomic E-state index is 0.0762. The third-order valence-corrected chi connectivity index (χ3v) is 4.88. The zero-order valence-corrected chi connectivity index (χ0v) is 17.7. The van der Waals surface area contributed by atoms with Crippen LogP contribution >= 0.6 is 15.9 Å². The highest BCUT2D eigenvalue weighted by Gasteiger charge is 2.13. The molecule has 0 radical (unpaired) electrons. The second-order valence-electron chi connectivity index (χ2n) is 6.50. The van der Waals surface area contributed by atoms with Gasteiger partial charge in [0.25, 0.3) is 11.2 Å². The maximum Gasteiger partial charge on any atom is 0.282 e. The van der Waals surface area contributed by atoms with Crippen LogP contribution in [0.2, 0.25) is 0 Å². The Labute approximate surface area is 175 Å². The van der Waals surface area contributed by atoms with Gasteiger partial charge >= 0.3 is 0 Å². The molecular formula is C20H19BrN4O4. The van der Waals surface area contributed by atoms with Gasteiger partial charge < -0.3 is 4.74 Å². The average molecular weight is 459 g/mol. The highest BCUT2D eigenvalue weighted by atomic mass is 79.9. The molecule has 0 saturated heterocycles. The molecule has 0 saturated carbocycles. The predicted octanol–water partition coefficient (Wildman–Crippen LogP) is 4.44. The molecular weight excluding hydrogens is 440 g/mol. The Kier molecular flexibility index (Phi) is 6.07. The van der Waals surface area contributed by atoms with Crippen LogP contribution in [0, 0.1) is 17.0 Å². The smallest absolute Gasteiger partial charge is 0.282 e. The Morgan fingerprint density at radius 2 is 2.10 bits per heavy atom. The number of non-ortho nitro benzene ring substituents is 1. The SMILES string of the molecule is CC[C@@H](C)Oc1ccc([N+](=O)[O-])cc1C=Nn1c(C)nc2ccc(Br)cc2c1=O. The molecule has 0 fully saturated rings. The van der Waals surface area contributed by atoms with Gasteiger partial charge in [-0.1, -0.05) is 22.9 Å². The molecule has 3 rings (SSSR count). The van der Waals surface area contributed by atoms with Gasteiger partial charge in [0.1, 0.15) is 11.6 Å². The van der Waals surface area contributed by atoms with Crippen LogP contribution in [-0.2, 0) is 0 Å². The van der Waals surface area contributed by atoms with Gasteiger partial charge in [0.15, 0.2) is 0 Å². The lowest BCUT2D eigenvalue weighted by Crippen LogP contribution is -2.20. The summed E-state index contributed by atoms with van der Waals surface area (Å²) in [6, 6.07) is 9.52. The van der Waals surface area contributed by atoms with E-state index in [9.17, 15) is 14.9 Å². The van der Waals surface area contributed by atoms with Gasteiger partial charge in [-0.2, -0.15) is 9.78 Å². The molecule has 0 unspecified atom stereocenters. The standard InChI is InChI=1S/C20H19BrN4O4/c1-4-12(2)29-19-8-6-16(25(27)28)9-14(19)11-22-24-13(3)23-18-7-5-15(21)10-17(18)20(24)26/h5-12H,4H2,1-3H3/t12-/m1/s1. The number of aryl methyl sites for hydroxylation is 1. The lowest BCUT2D eigenvalue weighted by Gasteiger charge is -2.14. The Hall–Kier alpha value is -3.07. The first-order valence-corrected chi connectivity index (χ1v) is 9.77. The van der Waals surface area contributed by atoms with Crippen molar-refractivity contribution in [3.8, 4) is 5.75 Å². The van der Waals surface area contributed by atoms with E-state index in [1.165, 1.54) is 29.1 Å². The van der Waals surface area contributed by atoms with Crippen LogP contribution in [0.3, 0.4) is 0 Å². The van der Waals surface area contributed by atoms with Gasteiger partial charge in [-0.15, -0.1) is 0 Å². The van der Waals surface area contributed by atoms with Crippen LogP contribution in [0.15, 0.2) is 50.8 Å². The molecule has 8 nitrogen and oxygen atoms in total. The third kappa shape index (κ3) is 4.51. The number of nitrogens with zero attached hydrogens (tertiary/aromatic N) is 4. The summed E-state index contributed by atoms with van der Waals surface area (Å²) >= 11 is 3.35. The highest BCUT2D eigenvalue weighted by molar-refractivity contribution is 9.10. The van der Waals surface area contributed by atoms with E-state index in [0.29, 0.717) is 28.0 Å². The number of hydrogen-bond donors (Lipinski definition) is 0. The summed E-state index contributed by atoms with van der Waals surface area (Å²) in [6.45, 7) is 5.55. The summed E-state index contributed by atoms with van der Waals surface area (Å²) in [6.07, 6.45) is 2.08. The number of fused-ring (bicyclic) bond motifs is 1. The van der Waals surface area contributed by atoms with Crippen molar-refractivity contribution in [3.05, 3.63) is 72.7 Å². The van der Waals surface area contributed by atoms with Crippen molar-refractivity contribution < 1.29 is 9.66 Å². The van der Waals surface area contributed by atoms with Crippen LogP contribution in [0.1, 0.15) is 31.7 Å². The van der Waals surface area contributed by atoms with Crippen LogP contribution in [0.25, 0.3) is 10.9 Å². The molecule has 0 aliphatic carbocycles. The Balaban J connectivity index is 2.10. The van der Waals surface area contributed by atoms with E-state index in [-0.39, 0.29) is 17.4 Å².